The standard InChI is InChI=1S/C22H20N2O6/c1-13(25)15-7-9-17(10-8-15)23-21(28)14(2)30-20(27)12-24-19(26)11-16-5-3-4-6-18(16)22(24)29/h3-10,14H,11-12H2,1-2H3,(H,23,28)/t14-/m1/s1. The van der Waals surface area contributed by atoms with E-state index >= 15 is 0 Å². The molecule has 0 saturated carbocycles. The highest BCUT2D eigenvalue weighted by molar-refractivity contribution is 6.11. The zero-order valence-electron chi connectivity index (χ0n) is 16.5. The van der Waals surface area contributed by atoms with Crippen molar-refractivity contribution in [2.24, 2.45) is 0 Å². The van der Waals surface area contributed by atoms with E-state index in [1.54, 1.807) is 48.5 Å². The third-order valence-electron chi connectivity index (χ3n) is 4.66. The minimum Gasteiger partial charge on any atom is -0.451 e. The Morgan fingerprint density at radius 1 is 1.07 bits per heavy atom. The number of rotatable bonds is 6. The van der Waals surface area contributed by atoms with Crippen LogP contribution in [0.5, 0.6) is 0 Å². The van der Waals surface area contributed by atoms with Crippen LogP contribution in [0, 0.1) is 0 Å². The zero-order valence-corrected chi connectivity index (χ0v) is 16.5. The predicted octanol–water partition coefficient (Wildman–Crippen LogP) is 1.98. The van der Waals surface area contributed by atoms with Crippen molar-refractivity contribution in [1.29, 1.82) is 0 Å². The van der Waals surface area contributed by atoms with Crippen molar-refractivity contribution in [3.05, 3.63) is 65.2 Å². The second-order valence-electron chi connectivity index (χ2n) is 6.87. The first-order chi connectivity index (χ1) is 14.3. The molecule has 0 spiro atoms. The molecular weight excluding hydrogens is 388 g/mol. The lowest BCUT2D eigenvalue weighted by Gasteiger charge is -2.26. The van der Waals surface area contributed by atoms with Crippen LogP contribution in [0.3, 0.4) is 0 Å². The predicted molar refractivity (Wildman–Crippen MR) is 107 cm³/mol. The summed E-state index contributed by atoms with van der Waals surface area (Å²) in [6.45, 7) is 2.24. The molecule has 0 fully saturated rings. The number of nitrogens with one attached hydrogen (secondary N) is 1. The van der Waals surface area contributed by atoms with Crippen molar-refractivity contribution >= 4 is 35.2 Å². The van der Waals surface area contributed by atoms with E-state index in [2.05, 4.69) is 5.32 Å². The van der Waals surface area contributed by atoms with Crippen molar-refractivity contribution in [2.75, 3.05) is 11.9 Å². The summed E-state index contributed by atoms with van der Waals surface area (Å²) in [5, 5.41) is 2.57. The second-order valence-corrected chi connectivity index (χ2v) is 6.87. The molecule has 2 aromatic rings. The normalized spacial score (nSPS) is 14.0. The number of carbonyl (C=O) groups excluding carboxylic acids is 5. The highest BCUT2D eigenvalue weighted by Gasteiger charge is 2.33. The average Bonchev–Trinajstić information content (AvgIpc) is 2.71. The number of ether oxygens (including phenoxy) is 1. The van der Waals surface area contributed by atoms with E-state index in [-0.39, 0.29) is 12.2 Å². The van der Waals surface area contributed by atoms with Gasteiger partial charge in [-0.2, -0.15) is 0 Å². The number of hydrogen-bond donors (Lipinski definition) is 1. The van der Waals surface area contributed by atoms with Gasteiger partial charge in [-0.25, -0.2) is 0 Å². The number of amides is 3. The molecule has 2 aromatic carbocycles. The number of ketones is 1. The van der Waals surface area contributed by atoms with Crippen LogP contribution in [0.15, 0.2) is 48.5 Å². The Bertz CT molecular complexity index is 1030. The Kier molecular flexibility index (Phi) is 6.06. The third kappa shape index (κ3) is 4.60. The summed E-state index contributed by atoms with van der Waals surface area (Å²) in [6.07, 6.45) is -1.13. The van der Waals surface area contributed by atoms with Crippen LogP contribution >= 0.6 is 0 Å². The fourth-order valence-corrected chi connectivity index (χ4v) is 3.01. The summed E-state index contributed by atoms with van der Waals surface area (Å²) in [5.41, 5.74) is 1.92. The Morgan fingerprint density at radius 3 is 2.40 bits per heavy atom. The van der Waals surface area contributed by atoms with E-state index in [4.69, 9.17) is 4.74 Å². The maximum absolute atomic E-state index is 12.5. The van der Waals surface area contributed by atoms with Crippen molar-refractivity contribution < 1.29 is 28.7 Å². The number of imide groups is 1. The molecule has 0 unspecified atom stereocenters. The summed E-state index contributed by atoms with van der Waals surface area (Å²) in [6, 6.07) is 13.0. The first kappa shape index (κ1) is 20.9. The lowest BCUT2D eigenvalue weighted by molar-refractivity contribution is -0.155. The number of esters is 1. The molecule has 8 heteroatoms. The number of nitrogens with zero attached hydrogens (tertiary/aromatic N) is 1. The maximum Gasteiger partial charge on any atom is 0.326 e. The fraction of sp³-hybridized carbons (Fsp3) is 0.227. The van der Waals surface area contributed by atoms with E-state index in [1.807, 2.05) is 0 Å². The molecular formula is C22H20N2O6. The van der Waals surface area contributed by atoms with Gasteiger partial charge in [0.05, 0.1) is 6.42 Å². The SMILES string of the molecule is CC(=O)c1ccc(NC(=O)[C@@H](C)OC(=O)CN2C(=O)Cc3ccccc3C2=O)cc1. The van der Waals surface area contributed by atoms with Gasteiger partial charge in [0, 0.05) is 16.8 Å². The molecule has 1 heterocycles. The maximum atomic E-state index is 12.5. The van der Waals surface area contributed by atoms with Gasteiger partial charge in [0.2, 0.25) is 5.91 Å². The summed E-state index contributed by atoms with van der Waals surface area (Å²) in [7, 11) is 0. The molecule has 3 rings (SSSR count). The van der Waals surface area contributed by atoms with Gasteiger partial charge in [-0.05, 0) is 49.7 Å². The van der Waals surface area contributed by atoms with Gasteiger partial charge in [0.15, 0.2) is 11.9 Å². The van der Waals surface area contributed by atoms with Crippen molar-refractivity contribution in [3.63, 3.8) is 0 Å². The molecule has 1 N–H and O–H groups in total. The van der Waals surface area contributed by atoms with E-state index in [9.17, 15) is 24.0 Å². The first-order valence-electron chi connectivity index (χ1n) is 9.30. The van der Waals surface area contributed by atoms with Crippen LogP contribution in [-0.4, -0.2) is 47.0 Å². The Balaban J connectivity index is 1.57. The van der Waals surface area contributed by atoms with Gasteiger partial charge in [-0.3, -0.25) is 28.9 Å². The van der Waals surface area contributed by atoms with Crippen molar-refractivity contribution in [1.82, 2.24) is 4.90 Å². The lowest BCUT2D eigenvalue weighted by atomic mass is 9.98. The van der Waals surface area contributed by atoms with Crippen LogP contribution in [0.1, 0.15) is 40.1 Å². The number of anilines is 1. The van der Waals surface area contributed by atoms with Crippen LogP contribution in [0.4, 0.5) is 5.69 Å². The van der Waals surface area contributed by atoms with Gasteiger partial charge in [-0.1, -0.05) is 18.2 Å². The minimum absolute atomic E-state index is 0.0154. The zero-order chi connectivity index (χ0) is 21.8. The second kappa shape index (κ2) is 8.69. The van der Waals surface area contributed by atoms with Gasteiger partial charge in [0.25, 0.3) is 11.8 Å². The molecule has 0 bridgehead atoms. The van der Waals surface area contributed by atoms with Crippen LogP contribution in [0.25, 0.3) is 0 Å². The molecule has 1 aliphatic heterocycles. The summed E-state index contributed by atoms with van der Waals surface area (Å²) in [4.78, 5) is 61.3. The fourth-order valence-electron chi connectivity index (χ4n) is 3.01. The molecule has 0 radical (unpaired) electrons. The molecule has 30 heavy (non-hydrogen) atoms. The molecule has 1 atom stereocenters. The van der Waals surface area contributed by atoms with E-state index in [0.717, 1.165) is 4.90 Å². The smallest absolute Gasteiger partial charge is 0.326 e. The molecule has 0 saturated heterocycles. The largest absolute Gasteiger partial charge is 0.451 e. The van der Waals surface area contributed by atoms with Crippen LogP contribution < -0.4 is 5.32 Å². The Hall–Kier alpha value is -3.81. The van der Waals surface area contributed by atoms with Gasteiger partial charge >= 0.3 is 5.97 Å². The van der Waals surface area contributed by atoms with Gasteiger partial charge in [0.1, 0.15) is 6.54 Å². The Labute approximate surface area is 172 Å². The van der Waals surface area contributed by atoms with Gasteiger partial charge in [-0.15, -0.1) is 0 Å². The quantitative estimate of drug-likeness (QED) is 0.445. The topological polar surface area (TPSA) is 110 Å². The molecule has 0 aliphatic carbocycles. The molecule has 3 amide bonds. The molecule has 1 aliphatic rings. The highest BCUT2D eigenvalue weighted by Crippen LogP contribution is 2.19. The number of Topliss-reactive ketones (excluding diaryl/α,β-unsaturated/α-hetero) is 1. The minimum atomic E-state index is -1.15. The number of benzene rings is 2. The van der Waals surface area contributed by atoms with E-state index < -0.39 is 36.3 Å². The highest BCUT2D eigenvalue weighted by atomic mass is 16.5. The van der Waals surface area contributed by atoms with E-state index in [1.165, 1.54) is 13.8 Å². The van der Waals surface area contributed by atoms with Gasteiger partial charge < -0.3 is 10.1 Å². The van der Waals surface area contributed by atoms with E-state index in [0.29, 0.717) is 22.4 Å². The number of carbonyl (C=O) groups is 5. The summed E-state index contributed by atoms with van der Waals surface area (Å²) < 4.78 is 5.08. The number of fused-ring (bicyclic) bond motifs is 1. The third-order valence-corrected chi connectivity index (χ3v) is 4.66. The van der Waals surface area contributed by atoms with Crippen LogP contribution in [-0.2, 0) is 25.5 Å². The van der Waals surface area contributed by atoms with Crippen molar-refractivity contribution in [2.45, 2.75) is 26.4 Å². The number of hydrogen-bond acceptors (Lipinski definition) is 6. The lowest BCUT2D eigenvalue weighted by Crippen LogP contribution is -2.46. The summed E-state index contributed by atoms with van der Waals surface area (Å²) in [5.74, 6) is -2.62. The molecule has 8 nitrogen and oxygen atoms in total. The van der Waals surface area contributed by atoms with Crippen molar-refractivity contribution in [3.8, 4) is 0 Å². The molecule has 154 valence electrons. The van der Waals surface area contributed by atoms with Crippen LogP contribution in [0.2, 0.25) is 0 Å². The molecule has 0 aromatic heterocycles. The monoisotopic (exact) mass is 408 g/mol. The first-order valence-corrected chi connectivity index (χ1v) is 9.30. The summed E-state index contributed by atoms with van der Waals surface area (Å²) >= 11 is 0. The average molecular weight is 408 g/mol. The Morgan fingerprint density at radius 2 is 1.73 bits per heavy atom.